The minimum absolute atomic E-state index is 0.221. The van der Waals surface area contributed by atoms with Gasteiger partial charge in [0, 0.05) is 26.2 Å². The van der Waals surface area contributed by atoms with Crippen molar-refractivity contribution in [2.24, 2.45) is 7.05 Å². The van der Waals surface area contributed by atoms with E-state index in [4.69, 9.17) is 0 Å². The molecule has 1 amide bonds. The lowest BCUT2D eigenvalue weighted by molar-refractivity contribution is 0.0906. The highest BCUT2D eigenvalue weighted by atomic mass is 16.3. The van der Waals surface area contributed by atoms with Crippen LogP contribution in [0.15, 0.2) is 42.6 Å². The van der Waals surface area contributed by atoms with Gasteiger partial charge in [0.25, 0.3) is 5.91 Å². The Balaban J connectivity index is 1.82. The lowest BCUT2D eigenvalue weighted by Crippen LogP contribution is -2.34. The van der Waals surface area contributed by atoms with Crippen LogP contribution in [0.4, 0.5) is 0 Å². The number of hydrogen-bond acceptors (Lipinski definition) is 3. The Bertz CT molecular complexity index is 537. The molecule has 2 rings (SSSR count). The summed E-state index contributed by atoms with van der Waals surface area (Å²) in [7, 11) is 1.70. The molecule has 1 aromatic heterocycles. The third-order valence-electron chi connectivity index (χ3n) is 2.87. The fourth-order valence-corrected chi connectivity index (χ4v) is 1.86. The highest BCUT2D eigenvalue weighted by Crippen LogP contribution is 2.03. The molecule has 5 nitrogen and oxygen atoms in total. The van der Waals surface area contributed by atoms with Crippen molar-refractivity contribution >= 4 is 5.91 Å². The van der Waals surface area contributed by atoms with E-state index in [0.29, 0.717) is 12.1 Å². The van der Waals surface area contributed by atoms with Crippen LogP contribution in [0.1, 0.15) is 16.1 Å². The summed E-state index contributed by atoms with van der Waals surface area (Å²) < 4.78 is 1.50. The predicted molar refractivity (Wildman–Crippen MR) is 71.7 cm³/mol. The van der Waals surface area contributed by atoms with E-state index in [1.165, 1.54) is 4.68 Å². The first-order valence-electron chi connectivity index (χ1n) is 6.15. The summed E-state index contributed by atoms with van der Waals surface area (Å²) in [6.07, 6.45) is 1.49. The number of carbonyl (C=O) groups is 1. The topological polar surface area (TPSA) is 67.2 Å². The molecule has 0 radical (unpaired) electrons. The largest absolute Gasteiger partial charge is 0.391 e. The van der Waals surface area contributed by atoms with Crippen LogP contribution in [0.2, 0.25) is 0 Å². The van der Waals surface area contributed by atoms with Gasteiger partial charge >= 0.3 is 0 Å². The number of hydrogen-bond donors (Lipinski definition) is 2. The van der Waals surface area contributed by atoms with Gasteiger partial charge in [-0.05, 0) is 11.6 Å². The van der Waals surface area contributed by atoms with Crippen LogP contribution in [0.5, 0.6) is 0 Å². The highest BCUT2D eigenvalue weighted by molar-refractivity contribution is 5.92. The van der Waals surface area contributed by atoms with Gasteiger partial charge in [0.15, 0.2) is 0 Å². The van der Waals surface area contributed by atoms with Crippen LogP contribution in [0.3, 0.4) is 0 Å². The van der Waals surface area contributed by atoms with E-state index < -0.39 is 6.10 Å². The van der Waals surface area contributed by atoms with Crippen molar-refractivity contribution in [2.75, 3.05) is 6.54 Å². The van der Waals surface area contributed by atoms with Crippen molar-refractivity contribution in [1.29, 1.82) is 0 Å². The van der Waals surface area contributed by atoms with Crippen molar-refractivity contribution in [2.45, 2.75) is 12.5 Å². The van der Waals surface area contributed by atoms with Crippen LogP contribution in [-0.2, 0) is 13.5 Å². The molecule has 0 aliphatic rings. The van der Waals surface area contributed by atoms with Crippen LogP contribution in [0, 0.1) is 0 Å². The summed E-state index contributed by atoms with van der Waals surface area (Å²) in [6.45, 7) is 0.221. The van der Waals surface area contributed by atoms with E-state index in [0.717, 1.165) is 5.56 Å². The molecular formula is C14H17N3O2. The van der Waals surface area contributed by atoms with Gasteiger partial charge in [0.1, 0.15) is 5.69 Å². The van der Waals surface area contributed by atoms with E-state index >= 15 is 0 Å². The fourth-order valence-electron chi connectivity index (χ4n) is 1.86. The molecule has 1 unspecified atom stereocenters. The molecule has 0 spiro atoms. The van der Waals surface area contributed by atoms with Gasteiger partial charge in [0.2, 0.25) is 0 Å². The summed E-state index contributed by atoms with van der Waals surface area (Å²) >= 11 is 0. The third-order valence-corrected chi connectivity index (χ3v) is 2.87. The predicted octanol–water partition coefficient (Wildman–Crippen LogP) is 0.753. The van der Waals surface area contributed by atoms with Crippen molar-refractivity contribution in [3.05, 3.63) is 53.9 Å². The van der Waals surface area contributed by atoms with Gasteiger partial charge in [-0.2, -0.15) is 5.10 Å². The van der Waals surface area contributed by atoms with E-state index in [9.17, 15) is 9.90 Å². The van der Waals surface area contributed by atoms with Gasteiger partial charge in [-0.1, -0.05) is 30.3 Å². The van der Waals surface area contributed by atoms with E-state index in [-0.39, 0.29) is 12.5 Å². The van der Waals surface area contributed by atoms with E-state index in [2.05, 4.69) is 10.4 Å². The normalized spacial score (nSPS) is 12.1. The zero-order chi connectivity index (χ0) is 13.7. The number of benzene rings is 1. The van der Waals surface area contributed by atoms with Crippen LogP contribution in [0.25, 0.3) is 0 Å². The molecule has 100 valence electrons. The second-order valence-electron chi connectivity index (χ2n) is 4.39. The zero-order valence-electron chi connectivity index (χ0n) is 10.8. The number of aliphatic hydroxyl groups is 1. The second kappa shape index (κ2) is 6.15. The molecule has 1 heterocycles. The molecule has 0 bridgehead atoms. The maximum atomic E-state index is 11.8. The lowest BCUT2D eigenvalue weighted by atomic mass is 10.1. The maximum Gasteiger partial charge on any atom is 0.269 e. The van der Waals surface area contributed by atoms with Gasteiger partial charge in [0.05, 0.1) is 6.10 Å². The summed E-state index contributed by atoms with van der Waals surface area (Å²) in [5.41, 5.74) is 1.52. The molecular weight excluding hydrogens is 242 g/mol. The summed E-state index contributed by atoms with van der Waals surface area (Å²) in [5, 5.41) is 16.5. The summed E-state index contributed by atoms with van der Waals surface area (Å²) in [6, 6.07) is 11.3. The molecule has 0 aliphatic carbocycles. The first-order valence-corrected chi connectivity index (χ1v) is 6.15. The Morgan fingerprint density at radius 2 is 2.11 bits per heavy atom. The quantitative estimate of drug-likeness (QED) is 0.832. The highest BCUT2D eigenvalue weighted by Gasteiger charge is 2.12. The number of aromatic nitrogens is 2. The van der Waals surface area contributed by atoms with Crippen molar-refractivity contribution < 1.29 is 9.90 Å². The Labute approximate surface area is 111 Å². The van der Waals surface area contributed by atoms with Gasteiger partial charge < -0.3 is 10.4 Å². The van der Waals surface area contributed by atoms with Crippen LogP contribution >= 0.6 is 0 Å². The molecule has 19 heavy (non-hydrogen) atoms. The number of aliphatic hydroxyl groups excluding tert-OH is 1. The van der Waals surface area contributed by atoms with E-state index in [1.54, 1.807) is 19.3 Å². The first-order chi connectivity index (χ1) is 9.16. The molecule has 2 aromatic rings. The Morgan fingerprint density at radius 1 is 1.37 bits per heavy atom. The standard InChI is InChI=1S/C14H17N3O2/c1-17-13(7-8-16-17)14(19)15-10-12(18)9-11-5-3-2-4-6-11/h2-8,12,18H,9-10H2,1H3,(H,15,19). The molecule has 1 aromatic carbocycles. The van der Waals surface area contributed by atoms with Gasteiger partial charge in [-0.3, -0.25) is 9.48 Å². The number of nitrogens with zero attached hydrogens (tertiary/aromatic N) is 2. The molecule has 0 fully saturated rings. The fraction of sp³-hybridized carbons (Fsp3) is 0.286. The minimum atomic E-state index is -0.598. The summed E-state index contributed by atoms with van der Waals surface area (Å²) in [4.78, 5) is 11.8. The average molecular weight is 259 g/mol. The van der Waals surface area contributed by atoms with Crippen molar-refractivity contribution in [1.82, 2.24) is 15.1 Å². The molecule has 1 atom stereocenters. The van der Waals surface area contributed by atoms with Crippen LogP contribution < -0.4 is 5.32 Å². The number of rotatable bonds is 5. The molecule has 5 heteroatoms. The van der Waals surface area contributed by atoms with Crippen molar-refractivity contribution in [3.63, 3.8) is 0 Å². The minimum Gasteiger partial charge on any atom is -0.391 e. The average Bonchev–Trinajstić information content (AvgIpc) is 2.83. The van der Waals surface area contributed by atoms with Crippen molar-refractivity contribution in [3.8, 4) is 0 Å². The number of nitrogens with one attached hydrogen (secondary N) is 1. The second-order valence-corrected chi connectivity index (χ2v) is 4.39. The Kier molecular flexibility index (Phi) is 4.30. The van der Waals surface area contributed by atoms with Gasteiger partial charge in [-0.25, -0.2) is 0 Å². The zero-order valence-corrected chi connectivity index (χ0v) is 10.8. The molecule has 0 saturated carbocycles. The smallest absolute Gasteiger partial charge is 0.269 e. The number of aryl methyl sites for hydroxylation is 1. The summed E-state index contributed by atoms with van der Waals surface area (Å²) in [5.74, 6) is -0.230. The van der Waals surface area contributed by atoms with Gasteiger partial charge in [-0.15, -0.1) is 0 Å². The Hall–Kier alpha value is -2.14. The molecule has 2 N–H and O–H groups in total. The molecule has 0 aliphatic heterocycles. The third kappa shape index (κ3) is 3.66. The molecule has 0 saturated heterocycles. The number of amides is 1. The first kappa shape index (κ1) is 13.3. The SMILES string of the molecule is Cn1nccc1C(=O)NCC(O)Cc1ccccc1. The maximum absolute atomic E-state index is 11.8. The van der Waals surface area contributed by atoms with Crippen LogP contribution in [-0.4, -0.2) is 33.4 Å². The number of carbonyl (C=O) groups excluding carboxylic acids is 1. The Morgan fingerprint density at radius 3 is 2.74 bits per heavy atom. The lowest BCUT2D eigenvalue weighted by Gasteiger charge is -2.12. The van der Waals surface area contributed by atoms with E-state index in [1.807, 2.05) is 30.3 Å². The monoisotopic (exact) mass is 259 g/mol.